The number of nitrogens with one attached hydrogen (secondary N) is 2. The van der Waals surface area contributed by atoms with Gasteiger partial charge >= 0.3 is 15.6 Å². The molecule has 0 unspecified atom stereocenters. The van der Waals surface area contributed by atoms with Crippen molar-refractivity contribution in [1.82, 2.24) is 0 Å². The van der Waals surface area contributed by atoms with E-state index in [4.69, 9.17) is 0 Å². The van der Waals surface area contributed by atoms with Gasteiger partial charge in [0.25, 0.3) is 0 Å². The number of rotatable bonds is 0. The van der Waals surface area contributed by atoms with Gasteiger partial charge in [-0.25, -0.2) is 0 Å². The van der Waals surface area contributed by atoms with Crippen LogP contribution in [0.3, 0.4) is 0 Å². The van der Waals surface area contributed by atoms with E-state index in [-0.39, 0.29) is 0 Å². The van der Waals surface area contributed by atoms with E-state index >= 15 is 9.13 Å². The molecule has 0 atom stereocenters. The van der Waals surface area contributed by atoms with Crippen molar-refractivity contribution in [3.8, 4) is 0 Å². The Balaban J connectivity index is 1.44. The summed E-state index contributed by atoms with van der Waals surface area (Å²) in [5.74, 6) is 0. The second-order valence-electron chi connectivity index (χ2n) is 11.6. The molecule has 1 aliphatic rings. The van der Waals surface area contributed by atoms with Crippen molar-refractivity contribution in [1.29, 1.82) is 0 Å². The van der Waals surface area contributed by atoms with Crippen LogP contribution in [0.1, 0.15) is 0 Å². The summed E-state index contributed by atoms with van der Waals surface area (Å²) in [4.78, 5) is 0. The summed E-state index contributed by atoms with van der Waals surface area (Å²) in [7, 11) is -4.17. The number of anilines is 4. The maximum atomic E-state index is 15.1. The Morgan fingerprint density at radius 1 is 0.304 bits per heavy atom. The summed E-state index contributed by atoms with van der Waals surface area (Å²) < 4.78 is 30.1. The van der Waals surface area contributed by atoms with Gasteiger partial charge in [0.05, 0.1) is 0 Å². The van der Waals surface area contributed by atoms with Gasteiger partial charge < -0.3 is 10.6 Å². The van der Waals surface area contributed by atoms with Crippen molar-refractivity contribution in [3.05, 3.63) is 146 Å². The minimum absolute atomic E-state index is 0.694. The molecule has 8 aromatic rings. The highest BCUT2D eigenvalue weighted by Crippen LogP contribution is 2.42. The third kappa shape index (κ3) is 4.16. The molecule has 9 rings (SSSR count). The SMILES string of the molecule is O=[P+]1c2ccc3ccccc3c2Nc2c(ccc3ccccc23)[P+](=O)c2ccc3ccccc3c2Nc2c1ccc1ccccc21. The fraction of sp³-hybridized carbons (Fsp3) is 0. The van der Waals surface area contributed by atoms with Gasteiger partial charge in [0, 0.05) is 21.5 Å². The van der Waals surface area contributed by atoms with E-state index in [1.165, 1.54) is 0 Å². The van der Waals surface area contributed by atoms with Crippen molar-refractivity contribution in [3.63, 3.8) is 0 Å². The lowest BCUT2D eigenvalue weighted by atomic mass is 10.1. The molecule has 4 nitrogen and oxygen atoms in total. The number of hydrogen-bond acceptors (Lipinski definition) is 4. The summed E-state index contributed by atoms with van der Waals surface area (Å²) >= 11 is 0. The Bertz CT molecular complexity index is 2240. The van der Waals surface area contributed by atoms with Crippen LogP contribution >= 0.6 is 15.6 Å². The highest BCUT2D eigenvalue weighted by molar-refractivity contribution is 7.63. The second-order valence-corrected chi connectivity index (χ2v) is 14.7. The average molecular weight is 629 g/mol. The zero-order valence-electron chi connectivity index (χ0n) is 24.6. The van der Waals surface area contributed by atoms with Gasteiger partial charge in [-0.05, 0) is 70.1 Å². The minimum atomic E-state index is -2.09. The first-order valence-corrected chi connectivity index (χ1v) is 17.7. The third-order valence-corrected chi connectivity index (χ3v) is 12.2. The molecular weight excluding hydrogens is 602 g/mol. The van der Waals surface area contributed by atoms with Gasteiger partial charge in [0.1, 0.15) is 22.7 Å². The molecule has 0 aliphatic carbocycles. The Labute approximate surface area is 267 Å². The topological polar surface area (TPSA) is 58.2 Å². The van der Waals surface area contributed by atoms with Crippen LogP contribution in [-0.2, 0) is 9.13 Å². The van der Waals surface area contributed by atoms with Gasteiger partial charge in [-0.3, -0.25) is 0 Å². The van der Waals surface area contributed by atoms with E-state index in [9.17, 15) is 0 Å². The first kappa shape index (κ1) is 27.0. The van der Waals surface area contributed by atoms with E-state index < -0.39 is 15.6 Å². The van der Waals surface area contributed by atoms with Gasteiger partial charge in [-0.1, -0.05) is 106 Å². The number of benzene rings is 8. The van der Waals surface area contributed by atoms with Crippen molar-refractivity contribution in [2.24, 2.45) is 0 Å². The highest BCUT2D eigenvalue weighted by atomic mass is 31.1. The number of hydrogen-bond donors (Lipinski definition) is 2. The van der Waals surface area contributed by atoms with E-state index in [2.05, 4.69) is 59.2 Å². The van der Waals surface area contributed by atoms with Crippen molar-refractivity contribution in [2.45, 2.75) is 0 Å². The van der Waals surface area contributed by atoms with Crippen molar-refractivity contribution < 1.29 is 9.13 Å². The van der Waals surface area contributed by atoms with Crippen LogP contribution in [0, 0.1) is 0 Å². The summed E-state index contributed by atoms with van der Waals surface area (Å²) in [5.41, 5.74) is 3.05. The molecular formula is C40H26N2O2P2+2. The van der Waals surface area contributed by atoms with Gasteiger partial charge in [-0.2, -0.15) is 0 Å². The first-order valence-electron chi connectivity index (χ1n) is 15.2. The zero-order chi connectivity index (χ0) is 30.8. The monoisotopic (exact) mass is 628 g/mol. The molecule has 0 bridgehead atoms. The summed E-state index contributed by atoms with van der Waals surface area (Å²) in [5, 5.41) is 18.2. The molecule has 0 radical (unpaired) electrons. The normalized spacial score (nSPS) is 14.3. The van der Waals surface area contributed by atoms with E-state index in [0.29, 0.717) is 21.2 Å². The summed E-state index contributed by atoms with van der Waals surface area (Å²) in [6, 6.07) is 48.6. The molecule has 0 amide bonds. The predicted octanol–water partition coefficient (Wildman–Crippen LogP) is 9.66. The average Bonchev–Trinajstić information content (AvgIpc) is 3.11. The summed E-state index contributed by atoms with van der Waals surface area (Å²) in [6.07, 6.45) is 0. The molecule has 0 aromatic heterocycles. The smallest absolute Gasteiger partial charge is 0.347 e. The Hall–Kier alpha value is -5.40. The molecule has 1 aliphatic heterocycles. The van der Waals surface area contributed by atoms with Gasteiger partial charge in [0.15, 0.2) is 0 Å². The molecule has 0 spiro atoms. The minimum Gasteiger partial charge on any atom is -0.347 e. The van der Waals surface area contributed by atoms with E-state index in [1.54, 1.807) is 0 Å². The largest absolute Gasteiger partial charge is 0.419 e. The third-order valence-electron chi connectivity index (χ3n) is 9.00. The molecule has 8 aromatic carbocycles. The molecule has 216 valence electrons. The van der Waals surface area contributed by atoms with Crippen molar-refractivity contribution in [2.75, 3.05) is 10.6 Å². The first-order chi connectivity index (χ1) is 22.7. The second kappa shape index (κ2) is 10.6. The molecule has 2 N–H and O–H groups in total. The van der Waals surface area contributed by atoms with Gasteiger partial charge in [-0.15, -0.1) is 0 Å². The lowest BCUT2D eigenvalue weighted by Gasteiger charge is -2.17. The zero-order valence-corrected chi connectivity index (χ0v) is 26.4. The maximum absolute atomic E-state index is 15.1. The van der Waals surface area contributed by atoms with Crippen LogP contribution < -0.4 is 31.9 Å². The number of fused-ring (bicyclic) bond motifs is 12. The van der Waals surface area contributed by atoms with Crippen LogP contribution in [-0.4, -0.2) is 0 Å². The standard InChI is InChI=1S/C40H26N2O2P2/c43-45-33-21-17-25-9-1-5-13-29(25)37(33)41-38-30-14-6-2-10-26(30)18-22-34(38)46(44)36-24-20-28-12-4-8-16-32(28)40(36)42-39-31-15-7-3-11-27(31)19-23-35(39)45/h1-24,41-42H/q+2. The molecule has 0 saturated heterocycles. The van der Waals surface area contributed by atoms with Crippen molar-refractivity contribution >= 4 is 103 Å². The molecule has 0 fully saturated rings. The Morgan fingerprint density at radius 3 is 0.804 bits per heavy atom. The summed E-state index contributed by atoms with van der Waals surface area (Å²) in [6.45, 7) is 0. The van der Waals surface area contributed by atoms with Crippen LogP contribution in [0.2, 0.25) is 0 Å². The van der Waals surface area contributed by atoms with Crippen LogP contribution in [0.4, 0.5) is 22.7 Å². The van der Waals surface area contributed by atoms with Gasteiger partial charge in [0.2, 0.25) is 21.2 Å². The fourth-order valence-electron chi connectivity index (χ4n) is 6.75. The highest BCUT2D eigenvalue weighted by Gasteiger charge is 2.38. The van der Waals surface area contributed by atoms with Crippen LogP contribution in [0.25, 0.3) is 43.1 Å². The molecule has 0 saturated carbocycles. The molecule has 6 heteroatoms. The van der Waals surface area contributed by atoms with Crippen LogP contribution in [0.5, 0.6) is 0 Å². The predicted molar refractivity (Wildman–Crippen MR) is 196 cm³/mol. The molecule has 46 heavy (non-hydrogen) atoms. The van der Waals surface area contributed by atoms with E-state index in [1.807, 2.05) is 97.1 Å². The lowest BCUT2D eigenvalue weighted by Crippen LogP contribution is -2.21. The molecule has 1 heterocycles. The van der Waals surface area contributed by atoms with E-state index in [0.717, 1.165) is 65.8 Å². The maximum Gasteiger partial charge on any atom is 0.419 e. The fourth-order valence-corrected chi connectivity index (χ4v) is 9.63. The van der Waals surface area contributed by atoms with Crippen LogP contribution in [0.15, 0.2) is 146 Å². The quantitative estimate of drug-likeness (QED) is 0.164. The Kier molecular flexibility index (Phi) is 6.21. The Morgan fingerprint density at radius 2 is 0.543 bits per heavy atom. The lowest BCUT2D eigenvalue weighted by molar-refractivity contribution is 0.597.